The van der Waals surface area contributed by atoms with Gasteiger partial charge in [-0.2, -0.15) is 13.2 Å². The van der Waals surface area contributed by atoms with Gasteiger partial charge in [0.15, 0.2) is 0 Å². The van der Waals surface area contributed by atoms with Gasteiger partial charge < -0.3 is 10.3 Å². The second-order valence-electron chi connectivity index (χ2n) is 4.25. The molecule has 1 heterocycles. The van der Waals surface area contributed by atoms with Crippen LogP contribution in [-0.4, -0.2) is 9.55 Å². The minimum atomic E-state index is -4.35. The standard InChI is InChI=1S/C12H14F3N3/c1-3-8(16)11-17-9-6-7(12(13,14)15)4-5-10(9)18(11)2/h4-6,8H,3,16H2,1-2H3. The van der Waals surface area contributed by atoms with Crippen LogP contribution in [0, 0.1) is 0 Å². The number of nitrogens with two attached hydrogens (primary N) is 1. The average Bonchev–Trinajstić information content (AvgIpc) is 2.64. The molecule has 1 unspecified atom stereocenters. The fourth-order valence-electron chi connectivity index (χ4n) is 1.91. The van der Waals surface area contributed by atoms with Gasteiger partial charge in [0.2, 0.25) is 0 Å². The smallest absolute Gasteiger partial charge is 0.330 e. The highest BCUT2D eigenvalue weighted by Crippen LogP contribution is 2.31. The summed E-state index contributed by atoms with van der Waals surface area (Å²) >= 11 is 0. The zero-order valence-electron chi connectivity index (χ0n) is 10.1. The predicted octanol–water partition coefficient (Wildman–Crippen LogP) is 3.00. The molecule has 0 aliphatic rings. The molecule has 0 aliphatic carbocycles. The quantitative estimate of drug-likeness (QED) is 0.898. The molecule has 98 valence electrons. The minimum Gasteiger partial charge on any atom is -0.330 e. The maximum absolute atomic E-state index is 12.6. The molecule has 0 radical (unpaired) electrons. The van der Waals surface area contributed by atoms with Gasteiger partial charge in [-0.1, -0.05) is 6.92 Å². The minimum absolute atomic E-state index is 0.267. The van der Waals surface area contributed by atoms with Gasteiger partial charge in [-0.25, -0.2) is 4.98 Å². The number of aryl methyl sites for hydroxylation is 1. The second kappa shape index (κ2) is 4.28. The van der Waals surface area contributed by atoms with Crippen molar-refractivity contribution in [2.24, 2.45) is 12.8 Å². The molecule has 0 saturated heterocycles. The van der Waals surface area contributed by atoms with E-state index in [2.05, 4.69) is 4.98 Å². The molecule has 1 aromatic heterocycles. The van der Waals surface area contributed by atoms with Gasteiger partial charge in [0.25, 0.3) is 0 Å². The Labute approximate surface area is 102 Å². The largest absolute Gasteiger partial charge is 0.416 e. The van der Waals surface area contributed by atoms with E-state index in [1.807, 2.05) is 6.92 Å². The summed E-state index contributed by atoms with van der Waals surface area (Å²) in [4.78, 5) is 4.20. The Morgan fingerprint density at radius 3 is 2.61 bits per heavy atom. The van der Waals surface area contributed by atoms with Crippen molar-refractivity contribution in [1.29, 1.82) is 0 Å². The molecule has 0 fully saturated rings. The number of aromatic nitrogens is 2. The number of halogens is 3. The fraction of sp³-hybridized carbons (Fsp3) is 0.417. The van der Waals surface area contributed by atoms with Crippen molar-refractivity contribution in [3.8, 4) is 0 Å². The Balaban J connectivity index is 2.59. The summed E-state index contributed by atoms with van der Waals surface area (Å²) in [6.07, 6.45) is -3.66. The van der Waals surface area contributed by atoms with Gasteiger partial charge in [-0.3, -0.25) is 0 Å². The normalized spacial score (nSPS) is 14.1. The van der Waals surface area contributed by atoms with Crippen LogP contribution in [0.4, 0.5) is 13.2 Å². The molecular formula is C12H14F3N3. The van der Waals surface area contributed by atoms with E-state index in [1.54, 1.807) is 11.6 Å². The lowest BCUT2D eigenvalue weighted by Gasteiger charge is -2.08. The Morgan fingerprint density at radius 2 is 2.06 bits per heavy atom. The summed E-state index contributed by atoms with van der Waals surface area (Å²) in [6.45, 7) is 1.91. The Morgan fingerprint density at radius 1 is 1.39 bits per heavy atom. The number of imidazole rings is 1. The van der Waals surface area contributed by atoms with Gasteiger partial charge in [0.05, 0.1) is 22.6 Å². The van der Waals surface area contributed by atoms with Crippen LogP contribution in [0.3, 0.4) is 0 Å². The van der Waals surface area contributed by atoms with Crippen LogP contribution in [-0.2, 0) is 13.2 Å². The van der Waals surface area contributed by atoms with Crippen LogP contribution in [0.25, 0.3) is 11.0 Å². The first-order valence-corrected chi connectivity index (χ1v) is 5.63. The highest BCUT2D eigenvalue weighted by molar-refractivity contribution is 5.77. The van der Waals surface area contributed by atoms with Crippen LogP contribution in [0.1, 0.15) is 30.8 Å². The van der Waals surface area contributed by atoms with E-state index >= 15 is 0 Å². The van der Waals surface area contributed by atoms with Crippen LogP contribution >= 0.6 is 0 Å². The number of hydrogen-bond acceptors (Lipinski definition) is 2. The first kappa shape index (κ1) is 12.9. The summed E-state index contributed by atoms with van der Waals surface area (Å²) in [5.74, 6) is 0.604. The van der Waals surface area contributed by atoms with Crippen molar-refractivity contribution in [2.75, 3.05) is 0 Å². The second-order valence-corrected chi connectivity index (χ2v) is 4.25. The van der Waals surface area contributed by atoms with Crippen molar-refractivity contribution in [1.82, 2.24) is 9.55 Å². The lowest BCUT2D eigenvalue weighted by atomic mass is 10.2. The Kier molecular flexibility index (Phi) is 3.06. The molecule has 0 aliphatic heterocycles. The fourth-order valence-corrected chi connectivity index (χ4v) is 1.91. The molecule has 2 aromatic rings. The Bertz CT molecular complexity index is 572. The van der Waals surface area contributed by atoms with E-state index in [4.69, 9.17) is 5.73 Å². The molecule has 1 aromatic carbocycles. The number of rotatable bonds is 2. The van der Waals surface area contributed by atoms with Crippen molar-refractivity contribution in [3.05, 3.63) is 29.6 Å². The summed E-state index contributed by atoms with van der Waals surface area (Å²) in [5.41, 5.74) is 6.17. The molecule has 0 saturated carbocycles. The Hall–Kier alpha value is -1.56. The van der Waals surface area contributed by atoms with Gasteiger partial charge in [-0.05, 0) is 24.6 Å². The summed E-state index contributed by atoms with van der Waals surface area (Å²) in [6, 6.07) is 3.28. The van der Waals surface area contributed by atoms with Gasteiger partial charge in [0, 0.05) is 7.05 Å². The maximum Gasteiger partial charge on any atom is 0.416 e. The van der Waals surface area contributed by atoms with E-state index in [0.717, 1.165) is 12.1 Å². The highest BCUT2D eigenvalue weighted by atomic mass is 19.4. The number of hydrogen-bond donors (Lipinski definition) is 1. The summed E-state index contributed by atoms with van der Waals surface area (Å²) in [7, 11) is 1.76. The molecule has 18 heavy (non-hydrogen) atoms. The zero-order valence-corrected chi connectivity index (χ0v) is 10.1. The molecular weight excluding hydrogens is 243 g/mol. The predicted molar refractivity (Wildman–Crippen MR) is 62.9 cm³/mol. The number of alkyl halides is 3. The topological polar surface area (TPSA) is 43.8 Å². The number of benzene rings is 1. The molecule has 0 amide bonds. The van der Waals surface area contributed by atoms with E-state index in [0.29, 0.717) is 23.3 Å². The van der Waals surface area contributed by atoms with E-state index < -0.39 is 11.7 Å². The van der Waals surface area contributed by atoms with E-state index in [1.165, 1.54) is 6.07 Å². The number of nitrogens with zero attached hydrogens (tertiary/aromatic N) is 2. The zero-order chi connectivity index (χ0) is 13.5. The van der Waals surface area contributed by atoms with Gasteiger partial charge in [0.1, 0.15) is 5.82 Å². The van der Waals surface area contributed by atoms with Crippen molar-refractivity contribution in [2.45, 2.75) is 25.6 Å². The molecule has 6 heteroatoms. The third-order valence-corrected chi connectivity index (χ3v) is 3.01. The molecule has 3 nitrogen and oxygen atoms in total. The SMILES string of the molecule is CCC(N)c1nc2cc(C(F)(F)F)ccc2n1C. The molecule has 0 spiro atoms. The van der Waals surface area contributed by atoms with Crippen molar-refractivity contribution in [3.63, 3.8) is 0 Å². The van der Waals surface area contributed by atoms with Gasteiger partial charge >= 0.3 is 6.18 Å². The first-order chi connectivity index (χ1) is 8.34. The van der Waals surface area contributed by atoms with Crippen molar-refractivity contribution >= 4 is 11.0 Å². The molecule has 0 bridgehead atoms. The monoisotopic (exact) mass is 257 g/mol. The number of fused-ring (bicyclic) bond motifs is 1. The average molecular weight is 257 g/mol. The van der Waals surface area contributed by atoms with E-state index in [-0.39, 0.29) is 6.04 Å². The van der Waals surface area contributed by atoms with Crippen LogP contribution in [0.5, 0.6) is 0 Å². The van der Waals surface area contributed by atoms with Crippen molar-refractivity contribution < 1.29 is 13.2 Å². The lowest BCUT2D eigenvalue weighted by Crippen LogP contribution is -2.13. The maximum atomic E-state index is 12.6. The van der Waals surface area contributed by atoms with E-state index in [9.17, 15) is 13.2 Å². The summed E-state index contributed by atoms with van der Waals surface area (Å²) < 4.78 is 39.5. The molecule has 1 atom stereocenters. The molecule has 2 rings (SSSR count). The van der Waals surface area contributed by atoms with Gasteiger partial charge in [-0.15, -0.1) is 0 Å². The summed E-state index contributed by atoms with van der Waals surface area (Å²) in [5, 5.41) is 0. The van der Waals surface area contributed by atoms with Crippen LogP contribution in [0.15, 0.2) is 18.2 Å². The highest BCUT2D eigenvalue weighted by Gasteiger charge is 2.31. The van der Waals surface area contributed by atoms with Crippen LogP contribution in [0.2, 0.25) is 0 Å². The third-order valence-electron chi connectivity index (χ3n) is 3.01. The molecule has 2 N–H and O–H groups in total. The van der Waals surface area contributed by atoms with Crippen LogP contribution < -0.4 is 5.73 Å². The lowest BCUT2D eigenvalue weighted by molar-refractivity contribution is -0.137. The third kappa shape index (κ3) is 2.08. The first-order valence-electron chi connectivity index (χ1n) is 5.63.